The van der Waals surface area contributed by atoms with Gasteiger partial charge in [0.1, 0.15) is 0 Å². The lowest BCUT2D eigenvalue weighted by molar-refractivity contribution is -0.114. The molecule has 0 aliphatic carbocycles. The fourth-order valence-corrected chi connectivity index (χ4v) is 2.40. The maximum atomic E-state index is 12.4. The molecular weight excluding hydrogens is 314 g/mol. The van der Waals surface area contributed by atoms with Crippen LogP contribution < -0.4 is 10.6 Å². The Labute approximate surface area is 145 Å². The van der Waals surface area contributed by atoms with Gasteiger partial charge >= 0.3 is 0 Å². The highest BCUT2D eigenvalue weighted by Crippen LogP contribution is 2.21. The van der Waals surface area contributed by atoms with Crippen molar-refractivity contribution in [2.45, 2.75) is 6.92 Å². The van der Waals surface area contributed by atoms with Crippen LogP contribution in [0.3, 0.4) is 0 Å². The van der Waals surface area contributed by atoms with E-state index in [4.69, 9.17) is 0 Å². The van der Waals surface area contributed by atoms with Crippen LogP contribution in [-0.2, 0) is 4.79 Å². The SMILES string of the molecule is CC(=O)Nc1ccc(C(=O)Nc2cccc(-c3ccccn3)c2)cc1. The largest absolute Gasteiger partial charge is 0.326 e. The molecule has 2 amide bonds. The van der Waals surface area contributed by atoms with Crippen molar-refractivity contribution in [1.82, 2.24) is 4.98 Å². The van der Waals surface area contributed by atoms with Gasteiger partial charge in [-0.2, -0.15) is 0 Å². The van der Waals surface area contributed by atoms with E-state index in [0.717, 1.165) is 11.3 Å². The molecule has 0 spiro atoms. The van der Waals surface area contributed by atoms with Crippen LogP contribution in [0.4, 0.5) is 11.4 Å². The van der Waals surface area contributed by atoms with E-state index in [-0.39, 0.29) is 11.8 Å². The third-order valence-corrected chi connectivity index (χ3v) is 3.55. The molecule has 2 N–H and O–H groups in total. The van der Waals surface area contributed by atoms with Gasteiger partial charge < -0.3 is 10.6 Å². The first-order valence-electron chi connectivity index (χ1n) is 7.82. The van der Waals surface area contributed by atoms with Gasteiger partial charge in [-0.1, -0.05) is 18.2 Å². The zero-order valence-corrected chi connectivity index (χ0v) is 13.7. The lowest BCUT2D eigenvalue weighted by Gasteiger charge is -2.08. The van der Waals surface area contributed by atoms with E-state index in [2.05, 4.69) is 15.6 Å². The van der Waals surface area contributed by atoms with Crippen LogP contribution in [0.15, 0.2) is 72.9 Å². The molecule has 5 nitrogen and oxygen atoms in total. The predicted octanol–water partition coefficient (Wildman–Crippen LogP) is 3.96. The van der Waals surface area contributed by atoms with Gasteiger partial charge in [0.15, 0.2) is 0 Å². The zero-order chi connectivity index (χ0) is 17.6. The minimum absolute atomic E-state index is 0.150. The number of anilines is 2. The summed E-state index contributed by atoms with van der Waals surface area (Å²) in [7, 11) is 0. The van der Waals surface area contributed by atoms with Crippen molar-refractivity contribution in [3.8, 4) is 11.3 Å². The van der Waals surface area contributed by atoms with Crippen LogP contribution in [0.2, 0.25) is 0 Å². The molecule has 1 heterocycles. The smallest absolute Gasteiger partial charge is 0.255 e. The Kier molecular flexibility index (Phi) is 4.85. The van der Waals surface area contributed by atoms with Gasteiger partial charge in [-0.15, -0.1) is 0 Å². The van der Waals surface area contributed by atoms with Crippen molar-refractivity contribution in [3.63, 3.8) is 0 Å². The van der Waals surface area contributed by atoms with Crippen LogP contribution >= 0.6 is 0 Å². The minimum atomic E-state index is -0.215. The van der Waals surface area contributed by atoms with Gasteiger partial charge in [0.05, 0.1) is 5.69 Å². The first-order chi connectivity index (χ1) is 12.1. The molecule has 0 saturated heterocycles. The first-order valence-corrected chi connectivity index (χ1v) is 7.82. The summed E-state index contributed by atoms with van der Waals surface area (Å²) in [5.74, 6) is -0.365. The maximum absolute atomic E-state index is 12.4. The Bertz CT molecular complexity index is 890. The molecule has 0 saturated carbocycles. The van der Waals surface area contributed by atoms with Crippen molar-refractivity contribution in [1.29, 1.82) is 0 Å². The number of hydrogen-bond donors (Lipinski definition) is 2. The van der Waals surface area contributed by atoms with E-state index in [1.807, 2.05) is 42.5 Å². The Balaban J connectivity index is 1.74. The van der Waals surface area contributed by atoms with Crippen molar-refractivity contribution in [2.24, 2.45) is 0 Å². The van der Waals surface area contributed by atoms with Gasteiger partial charge in [0, 0.05) is 35.6 Å². The Morgan fingerprint density at radius 3 is 2.32 bits per heavy atom. The van der Waals surface area contributed by atoms with E-state index in [1.165, 1.54) is 6.92 Å². The van der Waals surface area contributed by atoms with Crippen molar-refractivity contribution in [3.05, 3.63) is 78.5 Å². The first kappa shape index (κ1) is 16.4. The van der Waals surface area contributed by atoms with Crippen LogP contribution in [0, 0.1) is 0 Å². The zero-order valence-electron chi connectivity index (χ0n) is 13.7. The fourth-order valence-electron chi connectivity index (χ4n) is 2.40. The quantitative estimate of drug-likeness (QED) is 0.760. The average molecular weight is 331 g/mol. The minimum Gasteiger partial charge on any atom is -0.326 e. The molecule has 0 aliphatic rings. The number of benzene rings is 2. The highest BCUT2D eigenvalue weighted by atomic mass is 16.2. The number of nitrogens with one attached hydrogen (secondary N) is 2. The van der Waals surface area contributed by atoms with Crippen molar-refractivity contribution >= 4 is 23.2 Å². The molecule has 0 aliphatic heterocycles. The topological polar surface area (TPSA) is 71.1 Å². The fraction of sp³-hybridized carbons (Fsp3) is 0.0500. The number of nitrogens with zero attached hydrogens (tertiary/aromatic N) is 1. The number of pyridine rings is 1. The van der Waals surface area contributed by atoms with Gasteiger partial charge in [-0.3, -0.25) is 14.6 Å². The molecular formula is C20H17N3O2. The van der Waals surface area contributed by atoms with Crippen molar-refractivity contribution < 1.29 is 9.59 Å². The summed E-state index contributed by atoms with van der Waals surface area (Å²) in [6, 6.07) is 20.0. The average Bonchev–Trinajstić information content (AvgIpc) is 2.63. The number of rotatable bonds is 4. The molecule has 25 heavy (non-hydrogen) atoms. The summed E-state index contributed by atoms with van der Waals surface area (Å²) < 4.78 is 0. The van der Waals surface area contributed by atoms with Gasteiger partial charge in [-0.05, 0) is 48.5 Å². The molecule has 0 radical (unpaired) electrons. The lowest BCUT2D eigenvalue weighted by Crippen LogP contribution is -2.12. The molecule has 2 aromatic carbocycles. The molecule has 0 bridgehead atoms. The summed E-state index contributed by atoms with van der Waals surface area (Å²) in [4.78, 5) is 27.7. The van der Waals surface area contributed by atoms with E-state index >= 15 is 0 Å². The van der Waals surface area contributed by atoms with Gasteiger partial charge in [-0.25, -0.2) is 0 Å². The highest BCUT2D eigenvalue weighted by Gasteiger charge is 2.07. The summed E-state index contributed by atoms with van der Waals surface area (Å²) in [6.45, 7) is 1.44. The molecule has 0 fully saturated rings. The number of carbonyl (C=O) groups is 2. The Morgan fingerprint density at radius 1 is 0.840 bits per heavy atom. The molecule has 0 unspecified atom stereocenters. The monoisotopic (exact) mass is 331 g/mol. The molecule has 1 aromatic heterocycles. The third-order valence-electron chi connectivity index (χ3n) is 3.55. The van der Waals surface area contributed by atoms with E-state index in [9.17, 15) is 9.59 Å². The number of aromatic nitrogens is 1. The number of amides is 2. The molecule has 0 atom stereocenters. The van der Waals surface area contributed by atoms with Crippen LogP contribution in [0.1, 0.15) is 17.3 Å². The lowest BCUT2D eigenvalue weighted by atomic mass is 10.1. The number of carbonyl (C=O) groups excluding carboxylic acids is 2. The Morgan fingerprint density at radius 2 is 1.64 bits per heavy atom. The molecule has 5 heteroatoms. The standard InChI is InChI=1S/C20H17N3O2/c1-14(24)22-17-10-8-15(9-11-17)20(25)23-18-6-4-5-16(13-18)19-7-2-3-12-21-19/h2-13H,1H3,(H,22,24)(H,23,25). The van der Waals surface area contributed by atoms with Crippen LogP contribution in [0.5, 0.6) is 0 Å². The highest BCUT2D eigenvalue weighted by molar-refractivity contribution is 6.04. The van der Waals surface area contributed by atoms with Crippen LogP contribution in [-0.4, -0.2) is 16.8 Å². The normalized spacial score (nSPS) is 10.1. The second-order valence-corrected chi connectivity index (χ2v) is 5.51. The number of hydrogen-bond acceptors (Lipinski definition) is 3. The second kappa shape index (κ2) is 7.40. The van der Waals surface area contributed by atoms with Gasteiger partial charge in [0.25, 0.3) is 5.91 Å². The van der Waals surface area contributed by atoms with Crippen molar-refractivity contribution in [2.75, 3.05) is 10.6 Å². The Hall–Kier alpha value is -3.47. The molecule has 124 valence electrons. The maximum Gasteiger partial charge on any atom is 0.255 e. The summed E-state index contributed by atoms with van der Waals surface area (Å²) in [6.07, 6.45) is 1.73. The summed E-state index contributed by atoms with van der Waals surface area (Å²) >= 11 is 0. The van der Waals surface area contributed by atoms with E-state index in [0.29, 0.717) is 16.9 Å². The molecule has 3 aromatic rings. The second-order valence-electron chi connectivity index (χ2n) is 5.51. The summed E-state index contributed by atoms with van der Waals surface area (Å²) in [5, 5.41) is 5.54. The third kappa shape index (κ3) is 4.29. The van der Waals surface area contributed by atoms with Crippen LogP contribution in [0.25, 0.3) is 11.3 Å². The summed E-state index contributed by atoms with van der Waals surface area (Å²) in [5.41, 5.74) is 3.63. The predicted molar refractivity (Wildman–Crippen MR) is 98.4 cm³/mol. The van der Waals surface area contributed by atoms with E-state index in [1.54, 1.807) is 30.5 Å². The van der Waals surface area contributed by atoms with Gasteiger partial charge in [0.2, 0.25) is 5.91 Å². The van der Waals surface area contributed by atoms with E-state index < -0.39 is 0 Å². The molecule has 3 rings (SSSR count).